The van der Waals surface area contributed by atoms with E-state index in [2.05, 4.69) is 23.3 Å². The second-order valence-electron chi connectivity index (χ2n) is 3.57. The number of rotatable bonds is 6. The predicted molar refractivity (Wildman–Crippen MR) is 64.4 cm³/mol. The molecule has 16 heavy (non-hydrogen) atoms. The topological polar surface area (TPSA) is 61.9 Å². The molecule has 0 saturated heterocycles. The molecule has 88 valence electrons. The fourth-order valence-electron chi connectivity index (χ4n) is 1.12. The average molecular weight is 239 g/mol. The van der Waals surface area contributed by atoms with Gasteiger partial charge in [-0.2, -0.15) is 5.26 Å². The van der Waals surface area contributed by atoms with Crippen LogP contribution in [0.2, 0.25) is 0 Å². The molecule has 0 radical (unpaired) electrons. The highest BCUT2D eigenvalue weighted by molar-refractivity contribution is 7.99. The van der Waals surface area contributed by atoms with E-state index in [1.54, 1.807) is 0 Å². The predicted octanol–water partition coefficient (Wildman–Crippen LogP) is 2.28. The van der Waals surface area contributed by atoms with Gasteiger partial charge in [0.15, 0.2) is 0 Å². The van der Waals surface area contributed by atoms with Crippen LogP contribution in [-0.2, 0) is 0 Å². The van der Waals surface area contributed by atoms with Gasteiger partial charge in [-0.15, -0.1) is 0 Å². The SMILES string of the molecule is CCCNC(C#N)CSc1nc(C)c(C)o1. The van der Waals surface area contributed by atoms with Crippen LogP contribution in [0.4, 0.5) is 0 Å². The third kappa shape index (κ3) is 3.87. The Morgan fingerprint density at radius 3 is 2.81 bits per heavy atom. The summed E-state index contributed by atoms with van der Waals surface area (Å²) in [6.07, 6.45) is 1.03. The first-order chi connectivity index (χ1) is 7.67. The zero-order valence-electron chi connectivity index (χ0n) is 9.91. The zero-order valence-corrected chi connectivity index (χ0v) is 10.7. The lowest BCUT2D eigenvalue weighted by Gasteiger charge is -2.08. The Morgan fingerprint density at radius 1 is 1.56 bits per heavy atom. The van der Waals surface area contributed by atoms with E-state index < -0.39 is 0 Å². The number of aryl methyl sites for hydroxylation is 2. The van der Waals surface area contributed by atoms with Crippen molar-refractivity contribution in [2.24, 2.45) is 0 Å². The number of nitrogens with one attached hydrogen (secondary N) is 1. The maximum atomic E-state index is 8.91. The van der Waals surface area contributed by atoms with Crippen molar-refractivity contribution in [3.05, 3.63) is 11.5 Å². The van der Waals surface area contributed by atoms with Gasteiger partial charge in [0.2, 0.25) is 0 Å². The molecule has 0 aliphatic heterocycles. The van der Waals surface area contributed by atoms with Crippen molar-refractivity contribution in [2.75, 3.05) is 12.3 Å². The Labute approximate surface area is 100 Å². The van der Waals surface area contributed by atoms with E-state index in [1.165, 1.54) is 11.8 Å². The second-order valence-corrected chi connectivity index (χ2v) is 4.54. The van der Waals surface area contributed by atoms with E-state index in [0.29, 0.717) is 11.0 Å². The van der Waals surface area contributed by atoms with Crippen molar-refractivity contribution in [3.63, 3.8) is 0 Å². The van der Waals surface area contributed by atoms with Crippen LogP contribution >= 0.6 is 11.8 Å². The molecule has 1 heterocycles. The minimum absolute atomic E-state index is 0.141. The first kappa shape index (κ1) is 13.1. The largest absolute Gasteiger partial charge is 0.437 e. The molecule has 4 nitrogen and oxygen atoms in total. The summed E-state index contributed by atoms with van der Waals surface area (Å²) in [6.45, 7) is 6.75. The van der Waals surface area contributed by atoms with Gasteiger partial charge >= 0.3 is 0 Å². The van der Waals surface area contributed by atoms with Crippen LogP contribution in [0.15, 0.2) is 9.64 Å². The van der Waals surface area contributed by atoms with Crippen LogP contribution in [0.1, 0.15) is 24.8 Å². The summed E-state index contributed by atoms with van der Waals surface area (Å²) in [7, 11) is 0. The standard InChI is InChI=1S/C11H17N3OS/c1-4-5-13-10(6-12)7-16-11-14-8(2)9(3)15-11/h10,13H,4-5,7H2,1-3H3. The molecule has 0 saturated carbocycles. The number of nitriles is 1. The van der Waals surface area contributed by atoms with Crippen molar-refractivity contribution in [2.45, 2.75) is 38.5 Å². The van der Waals surface area contributed by atoms with E-state index >= 15 is 0 Å². The van der Waals surface area contributed by atoms with Gasteiger partial charge in [0.05, 0.1) is 11.8 Å². The molecule has 0 bridgehead atoms. The number of aromatic nitrogens is 1. The van der Waals surface area contributed by atoms with Gasteiger partial charge in [0.1, 0.15) is 11.8 Å². The lowest BCUT2D eigenvalue weighted by atomic mass is 10.3. The van der Waals surface area contributed by atoms with Gasteiger partial charge < -0.3 is 9.73 Å². The normalized spacial score (nSPS) is 12.4. The van der Waals surface area contributed by atoms with Gasteiger partial charge in [0, 0.05) is 5.75 Å². The minimum atomic E-state index is -0.141. The Hall–Kier alpha value is -0.990. The fraction of sp³-hybridized carbons (Fsp3) is 0.636. The number of thioether (sulfide) groups is 1. The molecular weight excluding hydrogens is 222 g/mol. The molecule has 5 heteroatoms. The van der Waals surface area contributed by atoms with Gasteiger partial charge in [-0.25, -0.2) is 4.98 Å². The fourth-order valence-corrected chi connectivity index (χ4v) is 2.01. The highest BCUT2D eigenvalue weighted by Gasteiger charge is 2.10. The smallest absolute Gasteiger partial charge is 0.256 e. The van der Waals surface area contributed by atoms with Crippen LogP contribution in [-0.4, -0.2) is 23.3 Å². The highest BCUT2D eigenvalue weighted by Crippen LogP contribution is 2.20. The van der Waals surface area contributed by atoms with Crippen LogP contribution in [0, 0.1) is 25.2 Å². The van der Waals surface area contributed by atoms with Gasteiger partial charge in [-0.3, -0.25) is 0 Å². The van der Waals surface area contributed by atoms with E-state index in [1.807, 2.05) is 13.8 Å². The molecule has 0 aromatic carbocycles. The van der Waals surface area contributed by atoms with Crippen LogP contribution in [0.25, 0.3) is 0 Å². The Kier molecular flexibility index (Phi) is 5.36. The van der Waals surface area contributed by atoms with Gasteiger partial charge in [-0.1, -0.05) is 18.7 Å². The number of hydrogen-bond acceptors (Lipinski definition) is 5. The van der Waals surface area contributed by atoms with Crippen molar-refractivity contribution in [1.29, 1.82) is 5.26 Å². The molecule has 0 fully saturated rings. The maximum absolute atomic E-state index is 8.91. The Morgan fingerprint density at radius 2 is 2.31 bits per heavy atom. The van der Waals surface area contributed by atoms with Gasteiger partial charge in [0.25, 0.3) is 5.22 Å². The summed E-state index contributed by atoms with van der Waals surface area (Å²) in [4.78, 5) is 4.26. The summed E-state index contributed by atoms with van der Waals surface area (Å²) in [5.74, 6) is 1.51. The quantitative estimate of drug-likeness (QED) is 0.772. The molecular formula is C11H17N3OS. The lowest BCUT2D eigenvalue weighted by molar-refractivity contribution is 0.430. The summed E-state index contributed by atoms with van der Waals surface area (Å²) in [5, 5.41) is 12.7. The van der Waals surface area contributed by atoms with Crippen LogP contribution in [0.3, 0.4) is 0 Å². The molecule has 1 atom stereocenters. The molecule has 1 aromatic rings. The number of oxazole rings is 1. The molecule has 1 rings (SSSR count). The summed E-state index contributed by atoms with van der Waals surface area (Å²) in [6, 6.07) is 2.09. The first-order valence-corrected chi connectivity index (χ1v) is 6.35. The number of hydrogen-bond donors (Lipinski definition) is 1. The molecule has 1 unspecified atom stereocenters. The molecule has 0 aliphatic carbocycles. The summed E-state index contributed by atoms with van der Waals surface area (Å²) in [5.41, 5.74) is 0.914. The van der Waals surface area contributed by atoms with E-state index in [9.17, 15) is 0 Å². The summed E-state index contributed by atoms with van der Waals surface area (Å²) < 4.78 is 5.43. The summed E-state index contributed by atoms with van der Waals surface area (Å²) >= 11 is 1.48. The van der Waals surface area contributed by atoms with E-state index in [4.69, 9.17) is 9.68 Å². The van der Waals surface area contributed by atoms with Crippen LogP contribution < -0.4 is 5.32 Å². The van der Waals surface area contributed by atoms with E-state index in [0.717, 1.165) is 24.4 Å². The molecule has 1 N–H and O–H groups in total. The monoisotopic (exact) mass is 239 g/mol. The van der Waals surface area contributed by atoms with Crippen molar-refractivity contribution >= 4 is 11.8 Å². The highest BCUT2D eigenvalue weighted by atomic mass is 32.2. The van der Waals surface area contributed by atoms with E-state index in [-0.39, 0.29) is 6.04 Å². The van der Waals surface area contributed by atoms with Crippen molar-refractivity contribution in [1.82, 2.24) is 10.3 Å². The van der Waals surface area contributed by atoms with Crippen molar-refractivity contribution < 1.29 is 4.42 Å². The third-order valence-electron chi connectivity index (χ3n) is 2.18. The van der Waals surface area contributed by atoms with Gasteiger partial charge in [-0.05, 0) is 26.8 Å². The lowest BCUT2D eigenvalue weighted by Crippen LogP contribution is -2.30. The van der Waals surface area contributed by atoms with Crippen molar-refractivity contribution in [3.8, 4) is 6.07 Å². The molecule has 0 spiro atoms. The molecule has 0 aliphatic rings. The minimum Gasteiger partial charge on any atom is -0.437 e. The first-order valence-electron chi connectivity index (χ1n) is 5.37. The number of nitrogens with zero attached hydrogens (tertiary/aromatic N) is 2. The molecule has 1 aromatic heterocycles. The maximum Gasteiger partial charge on any atom is 0.256 e. The Bertz CT molecular complexity index is 350. The Balaban J connectivity index is 2.40. The zero-order chi connectivity index (χ0) is 12.0. The average Bonchev–Trinajstić information content (AvgIpc) is 2.59. The van der Waals surface area contributed by atoms with Crippen LogP contribution in [0.5, 0.6) is 0 Å². The third-order valence-corrected chi connectivity index (χ3v) is 3.10. The second kappa shape index (κ2) is 6.56. The molecule has 0 amide bonds.